The Morgan fingerprint density at radius 3 is 2.44 bits per heavy atom. The maximum atomic E-state index is 12.2. The Balaban J connectivity index is 0.00000312. The van der Waals surface area contributed by atoms with Crippen LogP contribution in [-0.2, 0) is 9.84 Å². The first-order chi connectivity index (χ1) is 11.2. The van der Waals surface area contributed by atoms with Gasteiger partial charge in [0, 0.05) is 37.2 Å². The number of halogens is 1. The van der Waals surface area contributed by atoms with Crippen LogP contribution in [0.2, 0.25) is 0 Å². The van der Waals surface area contributed by atoms with Crippen LogP contribution in [0.15, 0.2) is 4.99 Å². The van der Waals surface area contributed by atoms with Crippen molar-refractivity contribution in [2.75, 3.05) is 38.2 Å². The van der Waals surface area contributed by atoms with E-state index in [4.69, 9.17) is 0 Å². The van der Waals surface area contributed by atoms with Gasteiger partial charge in [0.1, 0.15) is 0 Å². The molecule has 8 heteroatoms. The molecule has 1 aliphatic carbocycles. The van der Waals surface area contributed by atoms with Gasteiger partial charge < -0.3 is 10.2 Å². The van der Waals surface area contributed by atoms with Gasteiger partial charge >= 0.3 is 0 Å². The number of sulfone groups is 1. The fourth-order valence-electron chi connectivity index (χ4n) is 3.46. The van der Waals surface area contributed by atoms with Crippen molar-refractivity contribution < 1.29 is 8.42 Å². The van der Waals surface area contributed by atoms with E-state index in [1.54, 1.807) is 27.8 Å². The maximum Gasteiger partial charge on any atom is 0.193 e. The van der Waals surface area contributed by atoms with E-state index >= 15 is 0 Å². The van der Waals surface area contributed by atoms with Crippen molar-refractivity contribution in [1.29, 1.82) is 0 Å². The summed E-state index contributed by atoms with van der Waals surface area (Å²) in [5.74, 6) is 2.12. The van der Waals surface area contributed by atoms with Crippen molar-refractivity contribution in [2.45, 2.75) is 62.4 Å². The molecule has 1 saturated heterocycles. The molecule has 0 unspecified atom stereocenters. The minimum absolute atomic E-state index is 0. The molecule has 2 fully saturated rings. The topological polar surface area (TPSA) is 61.8 Å². The molecular weight excluding hydrogens is 469 g/mol. The molecule has 0 aromatic carbocycles. The Morgan fingerprint density at radius 2 is 1.88 bits per heavy atom. The van der Waals surface area contributed by atoms with Gasteiger partial charge in [-0.3, -0.25) is 4.99 Å². The Morgan fingerprint density at radius 1 is 1.24 bits per heavy atom. The van der Waals surface area contributed by atoms with Crippen molar-refractivity contribution in [2.24, 2.45) is 4.99 Å². The molecule has 1 heterocycles. The first-order valence-electron chi connectivity index (χ1n) is 9.01. The standard InChI is InChI=1S/C17H33N3O2S2.HI/c1-16(2,3)24(21,22)13-10-19-15(18-4)20-11-12-23-17(14-20)8-6-5-7-9-17;/h5-14H2,1-4H3,(H,18,19);1H. The normalized spacial score (nSPS) is 21.8. The summed E-state index contributed by atoms with van der Waals surface area (Å²) >= 11 is 2.13. The zero-order valence-corrected chi connectivity index (χ0v) is 20.0. The lowest BCUT2D eigenvalue weighted by molar-refractivity contribution is 0.293. The quantitative estimate of drug-likeness (QED) is 0.364. The summed E-state index contributed by atoms with van der Waals surface area (Å²) in [5, 5.41) is 3.28. The number of guanidine groups is 1. The molecule has 5 nitrogen and oxygen atoms in total. The number of aliphatic imine (C=N–C) groups is 1. The van der Waals surface area contributed by atoms with Gasteiger partial charge in [-0.25, -0.2) is 8.42 Å². The summed E-state index contributed by atoms with van der Waals surface area (Å²) in [4.78, 5) is 6.72. The van der Waals surface area contributed by atoms with Crippen molar-refractivity contribution in [3.8, 4) is 0 Å². The van der Waals surface area contributed by atoms with Gasteiger partial charge in [0.15, 0.2) is 15.8 Å². The monoisotopic (exact) mass is 503 g/mol. The number of hydrogen-bond acceptors (Lipinski definition) is 4. The van der Waals surface area contributed by atoms with Crippen LogP contribution in [0.25, 0.3) is 0 Å². The van der Waals surface area contributed by atoms with Gasteiger partial charge in [0.25, 0.3) is 0 Å². The Kier molecular flexibility index (Phi) is 8.85. The van der Waals surface area contributed by atoms with Crippen LogP contribution < -0.4 is 5.32 Å². The third-order valence-electron chi connectivity index (χ3n) is 5.11. The lowest BCUT2D eigenvalue weighted by Gasteiger charge is -2.45. The Labute approximate surface area is 175 Å². The molecule has 148 valence electrons. The van der Waals surface area contributed by atoms with Crippen molar-refractivity contribution in [1.82, 2.24) is 10.2 Å². The predicted octanol–water partition coefficient (Wildman–Crippen LogP) is 3.14. The van der Waals surface area contributed by atoms with Crippen LogP contribution in [0, 0.1) is 0 Å². The summed E-state index contributed by atoms with van der Waals surface area (Å²) in [5.41, 5.74) is 0. The molecule has 25 heavy (non-hydrogen) atoms. The second-order valence-corrected chi connectivity index (χ2v) is 12.3. The van der Waals surface area contributed by atoms with E-state index in [0.29, 0.717) is 11.3 Å². The molecule has 0 radical (unpaired) electrons. The fourth-order valence-corrected chi connectivity index (χ4v) is 6.01. The smallest absolute Gasteiger partial charge is 0.193 e. The predicted molar refractivity (Wildman–Crippen MR) is 120 cm³/mol. The van der Waals surface area contributed by atoms with Gasteiger partial charge in [0.05, 0.1) is 10.5 Å². The van der Waals surface area contributed by atoms with Gasteiger partial charge in [-0.15, -0.1) is 24.0 Å². The zero-order chi connectivity index (χ0) is 17.8. The molecule has 0 amide bonds. The first kappa shape index (κ1) is 23.3. The summed E-state index contributed by atoms with van der Waals surface area (Å²) < 4.78 is 24.2. The molecule has 0 bridgehead atoms. The van der Waals surface area contributed by atoms with Crippen molar-refractivity contribution in [3.63, 3.8) is 0 Å². The van der Waals surface area contributed by atoms with Crippen LogP contribution in [0.3, 0.4) is 0 Å². The number of rotatable bonds is 3. The van der Waals surface area contributed by atoms with E-state index in [0.717, 1.165) is 24.8 Å². The summed E-state index contributed by atoms with van der Waals surface area (Å²) in [7, 11) is -1.31. The van der Waals surface area contributed by atoms with Crippen LogP contribution in [0.5, 0.6) is 0 Å². The van der Waals surface area contributed by atoms with E-state index in [1.165, 1.54) is 32.1 Å². The van der Waals surface area contributed by atoms with Crippen LogP contribution >= 0.6 is 35.7 Å². The molecule has 1 spiro atoms. The lowest BCUT2D eigenvalue weighted by Crippen LogP contribution is -2.54. The van der Waals surface area contributed by atoms with E-state index < -0.39 is 14.6 Å². The molecule has 0 atom stereocenters. The molecule has 2 aliphatic rings. The van der Waals surface area contributed by atoms with Crippen molar-refractivity contribution in [3.05, 3.63) is 0 Å². The number of hydrogen-bond donors (Lipinski definition) is 1. The second kappa shape index (κ2) is 9.48. The van der Waals surface area contributed by atoms with Gasteiger partial charge in [-0.2, -0.15) is 11.8 Å². The molecule has 0 aromatic heterocycles. The molecule has 1 saturated carbocycles. The van der Waals surface area contributed by atoms with Crippen LogP contribution in [0.1, 0.15) is 52.9 Å². The minimum atomic E-state index is -3.10. The third kappa shape index (κ3) is 6.16. The highest BCUT2D eigenvalue weighted by Gasteiger charge is 2.38. The van der Waals surface area contributed by atoms with Gasteiger partial charge in [-0.1, -0.05) is 19.3 Å². The average Bonchev–Trinajstić information content (AvgIpc) is 2.51. The third-order valence-corrected chi connectivity index (χ3v) is 9.26. The highest BCUT2D eigenvalue weighted by Crippen LogP contribution is 2.42. The zero-order valence-electron chi connectivity index (χ0n) is 16.0. The second-order valence-electron chi connectivity index (χ2n) is 7.92. The largest absolute Gasteiger partial charge is 0.355 e. The summed E-state index contributed by atoms with van der Waals surface area (Å²) in [6.45, 7) is 7.70. The van der Waals surface area contributed by atoms with E-state index in [9.17, 15) is 8.42 Å². The van der Waals surface area contributed by atoms with Crippen molar-refractivity contribution >= 4 is 51.5 Å². The fraction of sp³-hybridized carbons (Fsp3) is 0.941. The molecular formula is C17H34IN3O2S2. The molecule has 1 N–H and O–H groups in total. The number of nitrogens with zero attached hydrogens (tertiary/aromatic N) is 2. The van der Waals surface area contributed by atoms with Crippen LogP contribution in [0.4, 0.5) is 0 Å². The highest BCUT2D eigenvalue weighted by molar-refractivity contribution is 14.0. The summed E-state index contributed by atoms with van der Waals surface area (Å²) in [6, 6.07) is 0. The van der Waals surface area contributed by atoms with E-state index in [-0.39, 0.29) is 29.7 Å². The highest BCUT2D eigenvalue weighted by atomic mass is 127. The Hall–Kier alpha value is 0.300. The maximum absolute atomic E-state index is 12.2. The SMILES string of the molecule is CN=C(NCCS(=O)(=O)C(C)(C)C)N1CCSC2(CCCCC2)C1.I. The summed E-state index contributed by atoms with van der Waals surface area (Å²) in [6.07, 6.45) is 6.61. The average molecular weight is 504 g/mol. The Bertz CT molecular complexity index is 547. The van der Waals surface area contributed by atoms with E-state index in [2.05, 4.69) is 27.0 Å². The molecule has 0 aromatic rings. The van der Waals surface area contributed by atoms with Crippen LogP contribution in [-0.4, -0.2) is 67.0 Å². The van der Waals surface area contributed by atoms with Gasteiger partial charge in [-0.05, 0) is 33.6 Å². The first-order valence-corrected chi connectivity index (χ1v) is 11.6. The number of thioether (sulfide) groups is 1. The van der Waals surface area contributed by atoms with Gasteiger partial charge in [0.2, 0.25) is 0 Å². The minimum Gasteiger partial charge on any atom is -0.355 e. The van der Waals surface area contributed by atoms with E-state index in [1.807, 2.05) is 0 Å². The molecule has 1 aliphatic heterocycles. The molecule has 2 rings (SSSR count). The lowest BCUT2D eigenvalue weighted by atomic mass is 9.87. The number of nitrogens with one attached hydrogen (secondary N) is 1.